The number of carbonyl (C=O) groups is 1. The van der Waals surface area contributed by atoms with Crippen LogP contribution in [0.1, 0.15) is 24.8 Å². The monoisotopic (exact) mass is 262 g/mol. The predicted molar refractivity (Wildman–Crippen MR) is 74.8 cm³/mol. The van der Waals surface area contributed by atoms with Crippen LogP contribution in [0.15, 0.2) is 30.3 Å². The van der Waals surface area contributed by atoms with Crippen molar-refractivity contribution in [2.24, 2.45) is 5.73 Å². The molecule has 104 valence electrons. The molecule has 1 heterocycles. The van der Waals surface area contributed by atoms with E-state index in [1.165, 1.54) is 5.56 Å². The molecule has 1 aliphatic rings. The molecule has 2 N–H and O–H groups in total. The molecule has 4 heteroatoms. The Labute approximate surface area is 114 Å². The van der Waals surface area contributed by atoms with Gasteiger partial charge in [-0.2, -0.15) is 0 Å². The molecular weight excluding hydrogens is 240 g/mol. The van der Waals surface area contributed by atoms with Crippen LogP contribution in [0.4, 0.5) is 0 Å². The van der Waals surface area contributed by atoms with Gasteiger partial charge in [0, 0.05) is 13.1 Å². The van der Waals surface area contributed by atoms with E-state index in [4.69, 9.17) is 10.5 Å². The van der Waals surface area contributed by atoms with Gasteiger partial charge >= 0.3 is 0 Å². The van der Waals surface area contributed by atoms with Crippen LogP contribution in [0.25, 0.3) is 0 Å². The fraction of sp³-hybridized carbons (Fsp3) is 0.533. The fourth-order valence-corrected chi connectivity index (χ4v) is 2.42. The van der Waals surface area contributed by atoms with Crippen LogP contribution in [0, 0.1) is 0 Å². The van der Waals surface area contributed by atoms with E-state index in [2.05, 4.69) is 19.1 Å². The molecule has 2 atom stereocenters. The van der Waals surface area contributed by atoms with E-state index in [0.29, 0.717) is 38.6 Å². The second-order valence-corrected chi connectivity index (χ2v) is 5.09. The number of ether oxygens (including phenoxy) is 1. The van der Waals surface area contributed by atoms with Crippen molar-refractivity contribution in [2.75, 3.05) is 26.3 Å². The minimum Gasteiger partial charge on any atom is -0.378 e. The SMILES string of the molecule is CC(C[C@H](N)C(=O)N1CCOCC1)c1ccccc1. The quantitative estimate of drug-likeness (QED) is 0.891. The highest BCUT2D eigenvalue weighted by molar-refractivity contribution is 5.81. The highest BCUT2D eigenvalue weighted by Crippen LogP contribution is 2.20. The molecule has 19 heavy (non-hydrogen) atoms. The summed E-state index contributed by atoms with van der Waals surface area (Å²) in [6.07, 6.45) is 0.681. The number of amides is 1. The molecule has 4 nitrogen and oxygen atoms in total. The Morgan fingerprint density at radius 3 is 2.58 bits per heavy atom. The second kappa shape index (κ2) is 6.68. The maximum atomic E-state index is 12.2. The number of rotatable bonds is 4. The van der Waals surface area contributed by atoms with Gasteiger partial charge in [0.1, 0.15) is 0 Å². The zero-order valence-corrected chi connectivity index (χ0v) is 11.4. The molecule has 0 aromatic heterocycles. The third kappa shape index (κ3) is 3.78. The Kier molecular flexibility index (Phi) is 4.93. The van der Waals surface area contributed by atoms with E-state index in [1.807, 2.05) is 23.1 Å². The Morgan fingerprint density at radius 2 is 1.95 bits per heavy atom. The van der Waals surface area contributed by atoms with Gasteiger partial charge in [-0.15, -0.1) is 0 Å². The van der Waals surface area contributed by atoms with E-state index in [-0.39, 0.29) is 5.91 Å². The van der Waals surface area contributed by atoms with Gasteiger partial charge in [0.05, 0.1) is 19.3 Å². The minimum absolute atomic E-state index is 0.0473. The van der Waals surface area contributed by atoms with Gasteiger partial charge in [0.15, 0.2) is 0 Å². The number of carbonyl (C=O) groups excluding carboxylic acids is 1. The lowest BCUT2D eigenvalue weighted by molar-refractivity contribution is -0.136. The van der Waals surface area contributed by atoms with Crippen LogP contribution in [0.5, 0.6) is 0 Å². The van der Waals surface area contributed by atoms with E-state index in [0.717, 1.165) is 0 Å². The van der Waals surface area contributed by atoms with Crippen molar-refractivity contribution in [1.82, 2.24) is 4.90 Å². The van der Waals surface area contributed by atoms with E-state index < -0.39 is 6.04 Å². The summed E-state index contributed by atoms with van der Waals surface area (Å²) in [6, 6.07) is 9.76. The first kappa shape index (κ1) is 14.0. The lowest BCUT2D eigenvalue weighted by atomic mass is 9.94. The fourth-order valence-electron chi connectivity index (χ4n) is 2.42. The molecule has 1 aliphatic heterocycles. The summed E-state index contributed by atoms with van der Waals surface area (Å²) in [5, 5.41) is 0. The highest BCUT2D eigenvalue weighted by atomic mass is 16.5. The molecule has 0 saturated carbocycles. The average Bonchev–Trinajstić information content (AvgIpc) is 2.48. The number of hydrogen-bond acceptors (Lipinski definition) is 3. The molecule has 1 unspecified atom stereocenters. The second-order valence-electron chi connectivity index (χ2n) is 5.09. The summed E-state index contributed by atoms with van der Waals surface area (Å²) in [6.45, 7) is 4.67. The summed E-state index contributed by atoms with van der Waals surface area (Å²) >= 11 is 0. The summed E-state index contributed by atoms with van der Waals surface area (Å²) in [7, 11) is 0. The van der Waals surface area contributed by atoms with Crippen molar-refractivity contribution < 1.29 is 9.53 Å². The van der Waals surface area contributed by atoms with Gasteiger partial charge in [-0.05, 0) is 17.9 Å². The third-order valence-corrected chi connectivity index (χ3v) is 3.62. The van der Waals surface area contributed by atoms with E-state index in [1.54, 1.807) is 0 Å². The lowest BCUT2D eigenvalue weighted by Gasteiger charge is -2.30. The zero-order chi connectivity index (χ0) is 13.7. The molecule has 0 radical (unpaired) electrons. The number of nitrogens with two attached hydrogens (primary N) is 1. The van der Waals surface area contributed by atoms with Gasteiger partial charge < -0.3 is 15.4 Å². The van der Waals surface area contributed by atoms with Crippen LogP contribution >= 0.6 is 0 Å². The van der Waals surface area contributed by atoms with Gasteiger partial charge in [0.25, 0.3) is 0 Å². The first-order chi connectivity index (χ1) is 9.18. The van der Waals surface area contributed by atoms with E-state index in [9.17, 15) is 4.79 Å². The third-order valence-electron chi connectivity index (χ3n) is 3.62. The van der Waals surface area contributed by atoms with Gasteiger partial charge in [0.2, 0.25) is 5.91 Å². The maximum Gasteiger partial charge on any atom is 0.239 e. The standard InChI is InChI=1S/C15H22N2O2/c1-12(13-5-3-2-4-6-13)11-14(16)15(18)17-7-9-19-10-8-17/h2-6,12,14H,7-11,16H2,1H3/t12?,14-/m0/s1. The van der Waals surface area contributed by atoms with E-state index >= 15 is 0 Å². The first-order valence-corrected chi connectivity index (χ1v) is 6.85. The molecule has 0 bridgehead atoms. The van der Waals surface area contributed by atoms with Crippen LogP contribution in [-0.4, -0.2) is 43.2 Å². The van der Waals surface area contributed by atoms with Crippen molar-refractivity contribution >= 4 is 5.91 Å². The molecule has 1 aromatic carbocycles. The molecule has 2 rings (SSSR count). The van der Waals surface area contributed by atoms with Crippen LogP contribution < -0.4 is 5.73 Å². The summed E-state index contributed by atoms with van der Waals surface area (Å²) < 4.78 is 5.25. The van der Waals surface area contributed by atoms with Crippen molar-refractivity contribution in [3.63, 3.8) is 0 Å². The van der Waals surface area contributed by atoms with Gasteiger partial charge in [-0.1, -0.05) is 37.3 Å². The molecule has 0 aliphatic carbocycles. The van der Waals surface area contributed by atoms with Gasteiger partial charge in [-0.3, -0.25) is 4.79 Å². The smallest absolute Gasteiger partial charge is 0.239 e. The van der Waals surface area contributed by atoms with Crippen molar-refractivity contribution in [3.8, 4) is 0 Å². The number of benzene rings is 1. The maximum absolute atomic E-state index is 12.2. The number of hydrogen-bond donors (Lipinski definition) is 1. The molecule has 1 saturated heterocycles. The topological polar surface area (TPSA) is 55.6 Å². The molecule has 1 fully saturated rings. The van der Waals surface area contributed by atoms with Crippen molar-refractivity contribution in [1.29, 1.82) is 0 Å². The number of morpholine rings is 1. The summed E-state index contributed by atoms with van der Waals surface area (Å²) in [5.74, 6) is 0.340. The van der Waals surface area contributed by atoms with Gasteiger partial charge in [-0.25, -0.2) is 0 Å². The molecular formula is C15H22N2O2. The Bertz CT molecular complexity index is 402. The average molecular weight is 262 g/mol. The lowest BCUT2D eigenvalue weighted by Crippen LogP contribution is -2.48. The summed E-state index contributed by atoms with van der Waals surface area (Å²) in [5.41, 5.74) is 7.28. The molecule has 0 spiro atoms. The zero-order valence-electron chi connectivity index (χ0n) is 11.4. The largest absolute Gasteiger partial charge is 0.378 e. The van der Waals surface area contributed by atoms with Crippen LogP contribution in [0.3, 0.4) is 0 Å². The normalized spacial score (nSPS) is 18.9. The van der Waals surface area contributed by atoms with Crippen LogP contribution in [0.2, 0.25) is 0 Å². The Hall–Kier alpha value is -1.39. The van der Waals surface area contributed by atoms with Crippen molar-refractivity contribution in [2.45, 2.75) is 25.3 Å². The highest BCUT2D eigenvalue weighted by Gasteiger charge is 2.24. The minimum atomic E-state index is -0.423. The Morgan fingerprint density at radius 1 is 1.32 bits per heavy atom. The Balaban J connectivity index is 1.89. The predicted octanol–water partition coefficient (Wildman–Crippen LogP) is 1.37. The molecule has 1 amide bonds. The first-order valence-electron chi connectivity index (χ1n) is 6.85. The molecule has 1 aromatic rings. The summed E-state index contributed by atoms with van der Waals surface area (Å²) in [4.78, 5) is 14.0. The number of nitrogens with zero attached hydrogens (tertiary/aromatic N) is 1. The van der Waals surface area contributed by atoms with Crippen molar-refractivity contribution in [3.05, 3.63) is 35.9 Å². The van der Waals surface area contributed by atoms with Crippen LogP contribution in [-0.2, 0) is 9.53 Å².